The van der Waals surface area contributed by atoms with Crippen molar-refractivity contribution < 1.29 is 35.9 Å². The van der Waals surface area contributed by atoms with Gasteiger partial charge in [0.15, 0.2) is 5.92 Å². The van der Waals surface area contributed by atoms with Crippen LogP contribution in [0.5, 0.6) is 0 Å². The van der Waals surface area contributed by atoms with Gasteiger partial charge in [-0.25, -0.2) is 0 Å². The van der Waals surface area contributed by atoms with E-state index >= 15 is 0 Å². The fourth-order valence-corrected chi connectivity index (χ4v) is 4.73. The van der Waals surface area contributed by atoms with E-state index in [0.29, 0.717) is 6.54 Å². The monoisotopic (exact) mass is 444 g/mol. The number of carbonyl (C=O) groups is 2. The number of hydrogen-bond donors (Lipinski definition) is 1. The maximum absolute atomic E-state index is 13.2. The van der Waals surface area contributed by atoms with Crippen LogP contribution < -0.4 is 5.32 Å². The maximum atomic E-state index is 13.2. The molecule has 30 heavy (non-hydrogen) atoms. The number of piperidine rings is 2. The number of nitrogens with one attached hydrogen (secondary N) is 1. The predicted molar refractivity (Wildman–Crippen MR) is 98.2 cm³/mol. The van der Waals surface area contributed by atoms with Crippen molar-refractivity contribution in [2.24, 2.45) is 28.6 Å². The zero-order valence-electron chi connectivity index (χ0n) is 18.0. The van der Waals surface area contributed by atoms with Crippen LogP contribution in [0.15, 0.2) is 0 Å². The lowest BCUT2D eigenvalue weighted by molar-refractivity contribution is -0.284. The van der Waals surface area contributed by atoms with Gasteiger partial charge in [0.2, 0.25) is 11.8 Å². The fraction of sp³-hybridized carbons (Fsp3) is 0.900. The summed E-state index contributed by atoms with van der Waals surface area (Å²) in [6.07, 6.45) is -12.0. The second-order valence-electron chi connectivity index (χ2n) is 10.3. The van der Waals surface area contributed by atoms with Crippen molar-refractivity contribution in [1.29, 1.82) is 0 Å². The Bertz CT molecular complexity index is 666. The van der Waals surface area contributed by atoms with Crippen LogP contribution in [0.4, 0.5) is 26.3 Å². The Hall–Kier alpha value is -1.48. The van der Waals surface area contributed by atoms with E-state index in [1.165, 1.54) is 0 Å². The molecule has 0 aromatic heterocycles. The van der Waals surface area contributed by atoms with Crippen molar-refractivity contribution in [3.05, 3.63) is 0 Å². The molecule has 174 valence electrons. The Morgan fingerprint density at radius 1 is 1.07 bits per heavy atom. The van der Waals surface area contributed by atoms with Crippen LogP contribution in [0.25, 0.3) is 0 Å². The smallest absolute Gasteiger partial charge is 0.344 e. The van der Waals surface area contributed by atoms with Crippen molar-refractivity contribution in [3.8, 4) is 0 Å². The van der Waals surface area contributed by atoms with Gasteiger partial charge in [0.25, 0.3) is 0 Å². The molecule has 3 rings (SSSR count). The molecule has 1 unspecified atom stereocenters. The minimum absolute atomic E-state index is 0.0727. The summed E-state index contributed by atoms with van der Waals surface area (Å²) in [4.78, 5) is 27.0. The summed E-state index contributed by atoms with van der Waals surface area (Å²) in [5.41, 5.74) is -0.821. The Morgan fingerprint density at radius 3 is 1.93 bits per heavy atom. The summed E-state index contributed by atoms with van der Waals surface area (Å²) >= 11 is 0. The number of nitrogens with zero attached hydrogens (tertiary/aromatic N) is 1. The molecule has 0 aromatic rings. The molecule has 3 aliphatic rings. The van der Waals surface area contributed by atoms with Gasteiger partial charge >= 0.3 is 12.4 Å². The molecule has 0 aromatic carbocycles. The highest BCUT2D eigenvalue weighted by Gasteiger charge is 2.59. The van der Waals surface area contributed by atoms with E-state index < -0.39 is 48.0 Å². The molecule has 4 nitrogen and oxygen atoms in total. The van der Waals surface area contributed by atoms with Gasteiger partial charge in [-0.3, -0.25) is 9.59 Å². The van der Waals surface area contributed by atoms with Gasteiger partial charge in [-0.2, -0.15) is 26.3 Å². The summed E-state index contributed by atoms with van der Waals surface area (Å²) in [5.74, 6) is -5.15. The van der Waals surface area contributed by atoms with E-state index in [-0.39, 0.29) is 23.3 Å². The van der Waals surface area contributed by atoms with Crippen LogP contribution in [0, 0.1) is 28.6 Å². The van der Waals surface area contributed by atoms with Crippen molar-refractivity contribution >= 4 is 11.8 Å². The molecular formula is C20H30F6N2O2. The molecule has 2 aliphatic heterocycles. The minimum Gasteiger partial charge on any atom is -0.344 e. The van der Waals surface area contributed by atoms with Gasteiger partial charge in [0.05, 0.1) is 0 Å². The third-order valence-electron chi connectivity index (χ3n) is 6.92. The first-order valence-electron chi connectivity index (χ1n) is 10.0. The van der Waals surface area contributed by atoms with Gasteiger partial charge < -0.3 is 10.2 Å². The van der Waals surface area contributed by atoms with E-state index in [1.54, 1.807) is 25.7 Å². The third kappa shape index (κ3) is 4.72. The molecule has 0 radical (unpaired) electrons. The highest BCUT2D eigenvalue weighted by atomic mass is 19.4. The Balaban J connectivity index is 2.17. The van der Waals surface area contributed by atoms with Crippen molar-refractivity contribution in [2.75, 3.05) is 6.54 Å². The quantitative estimate of drug-likeness (QED) is 0.648. The van der Waals surface area contributed by atoms with Crippen LogP contribution in [-0.4, -0.2) is 47.7 Å². The molecule has 0 spiro atoms. The molecule has 2 amide bonds. The van der Waals surface area contributed by atoms with E-state index in [4.69, 9.17) is 0 Å². The number of amides is 2. The summed E-state index contributed by atoms with van der Waals surface area (Å²) in [6, 6.07) is -1.35. The average Bonchev–Trinajstić information content (AvgIpc) is 2.53. The molecule has 1 saturated carbocycles. The predicted octanol–water partition coefficient (Wildman–Crippen LogP) is 4.54. The lowest BCUT2D eigenvalue weighted by Gasteiger charge is -2.63. The minimum atomic E-state index is -5.61. The van der Waals surface area contributed by atoms with E-state index in [2.05, 4.69) is 19.2 Å². The van der Waals surface area contributed by atoms with E-state index in [9.17, 15) is 35.9 Å². The summed E-state index contributed by atoms with van der Waals surface area (Å²) in [6.45, 7) is 11.4. The third-order valence-corrected chi connectivity index (χ3v) is 6.92. The zero-order valence-corrected chi connectivity index (χ0v) is 18.0. The molecule has 1 N–H and O–H groups in total. The van der Waals surface area contributed by atoms with Crippen LogP contribution in [-0.2, 0) is 9.59 Å². The van der Waals surface area contributed by atoms with Gasteiger partial charge in [0.1, 0.15) is 6.04 Å². The second-order valence-corrected chi connectivity index (χ2v) is 10.3. The summed E-state index contributed by atoms with van der Waals surface area (Å²) < 4.78 is 76.8. The standard InChI is InChI=1S/C20H30F6N2O2/c1-10-12-7-11(18(12,5)6)9-28(10)16(30)15(17(2,3)4)27-14(29)8-13(19(21,22)23)20(24,25)26/h10-13,15H,7-9H2,1-6H3,(H,27,29)/t10-,11?,12+,15-/m1/s1. The normalized spacial score (nSPS) is 27.5. The van der Waals surface area contributed by atoms with Crippen LogP contribution in [0.1, 0.15) is 54.4 Å². The fourth-order valence-electron chi connectivity index (χ4n) is 4.73. The molecule has 2 heterocycles. The Labute approximate surface area is 172 Å². The van der Waals surface area contributed by atoms with Crippen molar-refractivity contribution in [2.45, 2.75) is 78.8 Å². The molecule has 4 atom stereocenters. The average molecular weight is 444 g/mol. The van der Waals surface area contributed by atoms with E-state index in [1.807, 2.05) is 6.92 Å². The molecule has 2 bridgehead atoms. The number of fused-ring (bicyclic) bond motifs is 2. The van der Waals surface area contributed by atoms with Gasteiger partial charge in [-0.1, -0.05) is 34.6 Å². The molecule has 10 heteroatoms. The molecule has 3 fully saturated rings. The maximum Gasteiger partial charge on any atom is 0.400 e. The summed E-state index contributed by atoms with van der Waals surface area (Å²) in [5, 5.41) is 2.17. The molecule has 1 aliphatic carbocycles. The highest BCUT2D eigenvalue weighted by Crippen LogP contribution is 2.57. The number of hydrogen-bond acceptors (Lipinski definition) is 2. The Kier molecular flexibility index (Phi) is 6.27. The topological polar surface area (TPSA) is 49.4 Å². The Morgan fingerprint density at radius 2 is 1.57 bits per heavy atom. The molecule has 2 saturated heterocycles. The number of halogens is 6. The van der Waals surface area contributed by atoms with Crippen LogP contribution in [0.3, 0.4) is 0 Å². The van der Waals surface area contributed by atoms with Crippen molar-refractivity contribution in [3.63, 3.8) is 0 Å². The SMILES string of the molecule is C[C@@H]1[C@@H]2CC(CN1C(=O)[C@@H](NC(=O)CC(C(F)(F)F)C(F)(F)F)C(C)(C)C)C2(C)C. The first kappa shape index (κ1) is 24.8. The summed E-state index contributed by atoms with van der Waals surface area (Å²) in [7, 11) is 0. The zero-order chi connectivity index (χ0) is 23.4. The van der Waals surface area contributed by atoms with Gasteiger partial charge in [-0.15, -0.1) is 0 Å². The second kappa shape index (κ2) is 7.58. The van der Waals surface area contributed by atoms with E-state index in [0.717, 1.165) is 6.42 Å². The van der Waals surface area contributed by atoms with Crippen LogP contribution in [0.2, 0.25) is 0 Å². The first-order chi connectivity index (χ1) is 13.3. The van der Waals surface area contributed by atoms with Crippen LogP contribution >= 0.6 is 0 Å². The largest absolute Gasteiger partial charge is 0.400 e. The lowest BCUT2D eigenvalue weighted by atomic mass is 9.50. The molecular weight excluding hydrogens is 414 g/mol. The highest BCUT2D eigenvalue weighted by molar-refractivity contribution is 5.89. The number of rotatable bonds is 4. The van der Waals surface area contributed by atoms with Gasteiger partial charge in [-0.05, 0) is 36.0 Å². The van der Waals surface area contributed by atoms with Gasteiger partial charge in [0, 0.05) is 19.0 Å². The number of alkyl halides is 6. The number of carbonyl (C=O) groups excluding carboxylic acids is 2. The first-order valence-corrected chi connectivity index (χ1v) is 10.0. The lowest BCUT2D eigenvalue weighted by Crippen LogP contribution is -2.68. The van der Waals surface area contributed by atoms with Crippen molar-refractivity contribution in [1.82, 2.24) is 10.2 Å².